The monoisotopic (exact) mass is 365 g/mol. The maximum absolute atomic E-state index is 13.1. The van der Waals surface area contributed by atoms with Crippen molar-refractivity contribution in [1.29, 1.82) is 0 Å². The van der Waals surface area contributed by atoms with Gasteiger partial charge in [-0.05, 0) is 23.8 Å². The fourth-order valence-corrected chi connectivity index (χ4v) is 3.91. The molecule has 2 heterocycles. The second-order valence-electron chi connectivity index (χ2n) is 6.88. The molecule has 4 rings (SSSR count). The zero-order chi connectivity index (χ0) is 18.8. The summed E-state index contributed by atoms with van der Waals surface area (Å²) in [5, 5.41) is 2.86. The van der Waals surface area contributed by atoms with Crippen LogP contribution in [-0.4, -0.2) is 50.0 Å². The zero-order valence-corrected chi connectivity index (χ0v) is 15.4. The maximum atomic E-state index is 13.1. The van der Waals surface area contributed by atoms with Gasteiger partial charge in [-0.15, -0.1) is 0 Å². The highest BCUT2D eigenvalue weighted by atomic mass is 16.5. The summed E-state index contributed by atoms with van der Waals surface area (Å²) in [5.41, 5.74) is 2.71. The number of hydrogen-bond donors (Lipinski definition) is 1. The number of nitrogens with one attached hydrogen (secondary N) is 1. The largest absolute Gasteiger partial charge is 0.495 e. The van der Waals surface area contributed by atoms with Crippen molar-refractivity contribution in [3.05, 3.63) is 54.1 Å². The van der Waals surface area contributed by atoms with Crippen molar-refractivity contribution in [2.24, 2.45) is 0 Å². The fraction of sp³-hybridized carbons (Fsp3) is 0.333. The lowest BCUT2D eigenvalue weighted by atomic mass is 9.89. The average molecular weight is 365 g/mol. The van der Waals surface area contributed by atoms with Gasteiger partial charge in [-0.2, -0.15) is 0 Å². The second-order valence-corrected chi connectivity index (χ2v) is 6.88. The smallest absolute Gasteiger partial charge is 0.230 e. The molecule has 2 aliphatic heterocycles. The lowest BCUT2D eigenvalue weighted by molar-refractivity contribution is -0.135. The molecule has 6 nitrogen and oxygen atoms in total. The lowest BCUT2D eigenvalue weighted by Gasteiger charge is -2.38. The highest BCUT2D eigenvalue weighted by molar-refractivity contribution is 6.01. The first kappa shape index (κ1) is 17.4. The fourth-order valence-electron chi connectivity index (χ4n) is 3.91. The summed E-state index contributed by atoms with van der Waals surface area (Å²) in [6.45, 7) is 2.76. The van der Waals surface area contributed by atoms with E-state index in [0.717, 1.165) is 35.8 Å². The number of piperazine rings is 1. The number of amides is 2. The Morgan fingerprint density at radius 2 is 1.74 bits per heavy atom. The van der Waals surface area contributed by atoms with E-state index in [-0.39, 0.29) is 18.2 Å². The van der Waals surface area contributed by atoms with E-state index in [1.807, 2.05) is 53.4 Å². The predicted octanol–water partition coefficient (Wildman–Crippen LogP) is 2.47. The topological polar surface area (TPSA) is 61.9 Å². The minimum absolute atomic E-state index is 0.0389. The summed E-state index contributed by atoms with van der Waals surface area (Å²) in [4.78, 5) is 29.3. The van der Waals surface area contributed by atoms with E-state index in [1.54, 1.807) is 7.11 Å². The summed E-state index contributed by atoms with van der Waals surface area (Å²) in [6.07, 6.45) is 0.211. The molecular weight excluding hydrogens is 342 g/mol. The second kappa shape index (κ2) is 7.31. The number of benzene rings is 2. The van der Waals surface area contributed by atoms with E-state index >= 15 is 0 Å². The Balaban J connectivity index is 1.47. The van der Waals surface area contributed by atoms with Crippen LogP contribution in [0.5, 0.6) is 5.75 Å². The number of nitrogens with zero attached hydrogens (tertiary/aromatic N) is 2. The van der Waals surface area contributed by atoms with Crippen LogP contribution in [0.2, 0.25) is 0 Å². The van der Waals surface area contributed by atoms with Gasteiger partial charge in [-0.1, -0.05) is 30.3 Å². The van der Waals surface area contributed by atoms with Gasteiger partial charge in [0.2, 0.25) is 11.8 Å². The Morgan fingerprint density at radius 1 is 1.04 bits per heavy atom. The van der Waals surface area contributed by atoms with E-state index in [0.29, 0.717) is 13.1 Å². The quantitative estimate of drug-likeness (QED) is 0.908. The molecule has 6 heteroatoms. The molecule has 0 saturated carbocycles. The standard InChI is InChI=1S/C21H23N3O3/c1-27-19-9-5-4-8-18(19)23-10-12-24(13-11-23)21(26)16-14-20(25)22-17-7-3-2-6-15(16)17/h2-9,16H,10-14H2,1H3,(H,22,25). The van der Waals surface area contributed by atoms with Gasteiger partial charge < -0.3 is 19.9 Å². The number of methoxy groups -OCH3 is 1. The molecule has 2 aromatic carbocycles. The van der Waals surface area contributed by atoms with Crippen LogP contribution in [0.15, 0.2) is 48.5 Å². The molecule has 0 radical (unpaired) electrons. The molecule has 2 amide bonds. The number of carbonyl (C=O) groups excluding carboxylic acids is 2. The number of hydrogen-bond acceptors (Lipinski definition) is 4. The van der Waals surface area contributed by atoms with Crippen LogP contribution in [0.3, 0.4) is 0 Å². The van der Waals surface area contributed by atoms with Crippen LogP contribution in [0.1, 0.15) is 17.9 Å². The first-order valence-electron chi connectivity index (χ1n) is 9.23. The van der Waals surface area contributed by atoms with E-state index < -0.39 is 5.92 Å². The van der Waals surface area contributed by atoms with Gasteiger partial charge in [0.15, 0.2) is 0 Å². The van der Waals surface area contributed by atoms with Gasteiger partial charge in [-0.25, -0.2) is 0 Å². The van der Waals surface area contributed by atoms with Crippen LogP contribution in [0.4, 0.5) is 11.4 Å². The minimum Gasteiger partial charge on any atom is -0.495 e. The van der Waals surface area contributed by atoms with Gasteiger partial charge in [0.05, 0.1) is 18.7 Å². The number of ether oxygens (including phenoxy) is 1. The molecule has 0 aliphatic carbocycles. The summed E-state index contributed by atoms with van der Waals surface area (Å²) >= 11 is 0. The molecule has 27 heavy (non-hydrogen) atoms. The Labute approximate surface area is 158 Å². The van der Waals surface area contributed by atoms with Crippen LogP contribution in [-0.2, 0) is 9.59 Å². The highest BCUT2D eigenvalue weighted by Crippen LogP contribution is 2.34. The van der Waals surface area contributed by atoms with Crippen molar-refractivity contribution in [2.45, 2.75) is 12.3 Å². The molecule has 1 saturated heterocycles. The van der Waals surface area contributed by atoms with E-state index in [9.17, 15) is 9.59 Å². The molecule has 1 atom stereocenters. The van der Waals surface area contributed by atoms with Crippen LogP contribution in [0.25, 0.3) is 0 Å². The Morgan fingerprint density at radius 3 is 2.52 bits per heavy atom. The third kappa shape index (κ3) is 3.35. The molecule has 140 valence electrons. The number of rotatable bonds is 3. The molecule has 0 spiro atoms. The van der Waals surface area contributed by atoms with E-state index in [2.05, 4.69) is 10.2 Å². The molecule has 2 aromatic rings. The minimum atomic E-state index is -0.396. The lowest BCUT2D eigenvalue weighted by Crippen LogP contribution is -2.50. The Kier molecular flexibility index (Phi) is 4.71. The summed E-state index contributed by atoms with van der Waals surface area (Å²) in [5.74, 6) is 0.389. The Bertz CT molecular complexity index is 859. The normalized spacial score (nSPS) is 19.3. The van der Waals surface area contributed by atoms with Crippen molar-refractivity contribution < 1.29 is 14.3 Å². The van der Waals surface area contributed by atoms with Gasteiger partial charge in [0, 0.05) is 38.3 Å². The van der Waals surface area contributed by atoms with Gasteiger partial charge in [-0.3, -0.25) is 9.59 Å². The predicted molar refractivity (Wildman–Crippen MR) is 104 cm³/mol. The van der Waals surface area contributed by atoms with Gasteiger partial charge in [0.1, 0.15) is 5.75 Å². The first-order chi connectivity index (χ1) is 13.2. The first-order valence-corrected chi connectivity index (χ1v) is 9.23. The third-order valence-corrected chi connectivity index (χ3v) is 5.32. The number of fused-ring (bicyclic) bond motifs is 1. The molecule has 0 aromatic heterocycles. The summed E-state index contributed by atoms with van der Waals surface area (Å²) in [6, 6.07) is 15.5. The van der Waals surface area contributed by atoms with Crippen LogP contribution < -0.4 is 15.0 Å². The average Bonchev–Trinajstić information content (AvgIpc) is 2.72. The van der Waals surface area contributed by atoms with Crippen LogP contribution in [0, 0.1) is 0 Å². The molecule has 0 bridgehead atoms. The zero-order valence-electron chi connectivity index (χ0n) is 15.4. The van der Waals surface area contributed by atoms with Gasteiger partial charge >= 0.3 is 0 Å². The number of para-hydroxylation sites is 3. The summed E-state index contributed by atoms with van der Waals surface area (Å²) < 4.78 is 5.45. The highest BCUT2D eigenvalue weighted by Gasteiger charge is 2.34. The van der Waals surface area contributed by atoms with Crippen LogP contribution >= 0.6 is 0 Å². The van der Waals surface area contributed by atoms with Gasteiger partial charge in [0.25, 0.3) is 0 Å². The van der Waals surface area contributed by atoms with Crippen molar-refractivity contribution >= 4 is 23.2 Å². The molecular formula is C21H23N3O3. The summed E-state index contributed by atoms with van der Waals surface area (Å²) in [7, 11) is 1.67. The number of carbonyl (C=O) groups is 2. The maximum Gasteiger partial charge on any atom is 0.230 e. The van der Waals surface area contributed by atoms with Crippen molar-refractivity contribution in [3.63, 3.8) is 0 Å². The van der Waals surface area contributed by atoms with E-state index in [4.69, 9.17) is 4.74 Å². The van der Waals surface area contributed by atoms with E-state index in [1.165, 1.54) is 0 Å². The Hall–Kier alpha value is -3.02. The molecule has 1 fully saturated rings. The molecule has 2 aliphatic rings. The molecule has 1 unspecified atom stereocenters. The van der Waals surface area contributed by atoms with Crippen molar-refractivity contribution in [1.82, 2.24) is 4.90 Å². The van der Waals surface area contributed by atoms with Crippen molar-refractivity contribution in [2.75, 3.05) is 43.5 Å². The third-order valence-electron chi connectivity index (χ3n) is 5.32. The number of anilines is 2. The molecule has 1 N–H and O–H groups in total. The SMILES string of the molecule is COc1ccccc1N1CCN(C(=O)C2CC(=O)Nc3ccccc32)CC1. The van der Waals surface area contributed by atoms with Crippen molar-refractivity contribution in [3.8, 4) is 5.75 Å².